The molecule has 0 radical (unpaired) electrons. The molecular formula is C22H36. The quantitative estimate of drug-likeness (QED) is 0.441. The molecule has 3 fully saturated rings. The topological polar surface area (TPSA) is 0 Å². The van der Waals surface area contributed by atoms with Gasteiger partial charge in [-0.25, -0.2) is 0 Å². The Balaban J connectivity index is 1.40. The third kappa shape index (κ3) is 3.22. The van der Waals surface area contributed by atoms with E-state index in [1.54, 1.807) is 12.0 Å². The Hall–Kier alpha value is -0.520. The van der Waals surface area contributed by atoms with E-state index in [9.17, 15) is 0 Å². The molecule has 0 aromatic carbocycles. The summed E-state index contributed by atoms with van der Waals surface area (Å²) < 4.78 is 0. The maximum atomic E-state index is 2.59. The summed E-state index contributed by atoms with van der Waals surface area (Å²) in [6.45, 7) is 11.9. The van der Waals surface area contributed by atoms with Gasteiger partial charge in [-0.2, -0.15) is 0 Å². The van der Waals surface area contributed by atoms with Crippen LogP contribution in [-0.4, -0.2) is 0 Å². The lowest BCUT2D eigenvalue weighted by Crippen LogP contribution is -2.27. The fraction of sp³-hybridized carbons (Fsp3) is 0.818. The summed E-state index contributed by atoms with van der Waals surface area (Å²) in [6, 6.07) is 0. The van der Waals surface area contributed by atoms with Crippen LogP contribution < -0.4 is 0 Å². The Morgan fingerprint density at radius 2 is 2.09 bits per heavy atom. The smallest absolute Gasteiger partial charge is 0.00543 e. The average Bonchev–Trinajstić information content (AvgIpc) is 3.37. The molecule has 0 amide bonds. The van der Waals surface area contributed by atoms with Gasteiger partial charge in [0, 0.05) is 0 Å². The van der Waals surface area contributed by atoms with E-state index in [1.807, 2.05) is 0 Å². The van der Waals surface area contributed by atoms with Crippen LogP contribution in [0.5, 0.6) is 0 Å². The van der Waals surface area contributed by atoms with Gasteiger partial charge in [-0.05, 0) is 80.0 Å². The van der Waals surface area contributed by atoms with Gasteiger partial charge in [0.1, 0.15) is 0 Å². The summed E-state index contributed by atoms with van der Waals surface area (Å²) in [4.78, 5) is 0. The molecule has 0 heteroatoms. The van der Waals surface area contributed by atoms with Gasteiger partial charge in [0.15, 0.2) is 0 Å². The first-order valence-electron chi connectivity index (χ1n) is 9.81. The van der Waals surface area contributed by atoms with Gasteiger partial charge < -0.3 is 0 Å². The van der Waals surface area contributed by atoms with Crippen LogP contribution >= 0.6 is 0 Å². The molecule has 3 rings (SSSR count). The summed E-state index contributed by atoms with van der Waals surface area (Å²) in [5, 5.41) is 0. The molecule has 22 heavy (non-hydrogen) atoms. The predicted octanol–water partition coefficient (Wildman–Crippen LogP) is 6.63. The first-order valence-corrected chi connectivity index (χ1v) is 9.81. The Morgan fingerprint density at radius 1 is 1.32 bits per heavy atom. The van der Waals surface area contributed by atoms with Crippen molar-refractivity contribution in [3.8, 4) is 0 Å². The fourth-order valence-corrected chi connectivity index (χ4v) is 5.07. The van der Waals surface area contributed by atoms with Crippen molar-refractivity contribution in [1.29, 1.82) is 0 Å². The van der Waals surface area contributed by atoms with Gasteiger partial charge in [-0.1, -0.05) is 57.9 Å². The highest BCUT2D eigenvalue weighted by Gasteiger charge is 2.58. The zero-order valence-corrected chi connectivity index (χ0v) is 15.4. The highest BCUT2D eigenvalue weighted by Crippen LogP contribution is 2.65. The predicted molar refractivity (Wildman–Crippen MR) is 96.7 cm³/mol. The van der Waals surface area contributed by atoms with Gasteiger partial charge in [-0.15, -0.1) is 0 Å². The Morgan fingerprint density at radius 3 is 2.73 bits per heavy atom. The number of fused-ring (bicyclic) bond motifs is 1. The van der Waals surface area contributed by atoms with Crippen LogP contribution in [0.25, 0.3) is 0 Å². The first kappa shape index (κ1) is 16.3. The molecule has 7 unspecified atom stereocenters. The maximum Gasteiger partial charge on any atom is -0.00543 e. The number of hydrogen-bond donors (Lipinski definition) is 0. The van der Waals surface area contributed by atoms with Gasteiger partial charge in [0.2, 0.25) is 0 Å². The lowest BCUT2D eigenvalue weighted by atomic mass is 9.72. The van der Waals surface area contributed by atoms with E-state index in [0.717, 1.165) is 36.0 Å². The maximum absolute atomic E-state index is 2.59. The molecule has 0 spiro atoms. The number of allylic oxidation sites excluding steroid dienone is 4. The summed E-state index contributed by atoms with van der Waals surface area (Å²) in [6.07, 6.45) is 15.9. The second-order valence-electron chi connectivity index (χ2n) is 8.98. The third-order valence-electron chi connectivity index (χ3n) is 7.34. The van der Waals surface area contributed by atoms with Crippen LogP contribution in [0, 0.1) is 40.9 Å². The minimum absolute atomic E-state index is 0.618. The molecule has 0 bridgehead atoms. The molecule has 0 aromatic rings. The van der Waals surface area contributed by atoms with Crippen LogP contribution in [0.15, 0.2) is 23.8 Å². The van der Waals surface area contributed by atoms with Crippen molar-refractivity contribution < 1.29 is 0 Å². The summed E-state index contributed by atoms with van der Waals surface area (Å²) in [5.41, 5.74) is 2.21. The average molecular weight is 301 g/mol. The molecule has 0 nitrogen and oxygen atoms in total. The summed E-state index contributed by atoms with van der Waals surface area (Å²) >= 11 is 0. The van der Waals surface area contributed by atoms with Crippen molar-refractivity contribution >= 4 is 0 Å². The van der Waals surface area contributed by atoms with Crippen molar-refractivity contribution in [3.05, 3.63) is 23.8 Å². The van der Waals surface area contributed by atoms with Crippen LogP contribution in [0.3, 0.4) is 0 Å². The fourth-order valence-electron chi connectivity index (χ4n) is 5.07. The summed E-state index contributed by atoms with van der Waals surface area (Å²) in [7, 11) is 0. The molecule has 7 atom stereocenters. The SMILES string of the molecule is CCC=CC(C)C(C)=CC1CC1(C)CCCC1C(C)C2CC12. The van der Waals surface area contributed by atoms with Gasteiger partial charge in [0.25, 0.3) is 0 Å². The van der Waals surface area contributed by atoms with Crippen molar-refractivity contribution in [1.82, 2.24) is 0 Å². The summed E-state index contributed by atoms with van der Waals surface area (Å²) in [5.74, 6) is 5.94. The van der Waals surface area contributed by atoms with Crippen LogP contribution in [0.4, 0.5) is 0 Å². The molecule has 0 aliphatic heterocycles. The van der Waals surface area contributed by atoms with Crippen molar-refractivity contribution in [2.45, 2.75) is 73.1 Å². The van der Waals surface area contributed by atoms with E-state index in [4.69, 9.17) is 0 Å². The molecule has 124 valence electrons. The molecule has 0 N–H and O–H groups in total. The number of hydrogen-bond acceptors (Lipinski definition) is 0. The Labute approximate surface area is 138 Å². The van der Waals surface area contributed by atoms with Crippen LogP contribution in [-0.2, 0) is 0 Å². The minimum Gasteiger partial charge on any atom is -0.0882 e. The molecule has 0 heterocycles. The lowest BCUT2D eigenvalue weighted by Gasteiger charge is -2.33. The largest absolute Gasteiger partial charge is 0.0882 e. The van der Waals surface area contributed by atoms with Gasteiger partial charge >= 0.3 is 0 Å². The normalized spacial score (nSPS) is 44.6. The molecular weight excluding hydrogens is 264 g/mol. The standard InChI is InChI=1S/C22H36/c1-6-7-9-15(2)16(3)12-18-14-22(18,5)11-8-10-19-17(4)20-13-21(19)20/h7,9,12,15,17-21H,6,8,10-11,13-14H2,1-5H3. The second kappa shape index (κ2) is 6.17. The van der Waals surface area contributed by atoms with Crippen molar-refractivity contribution in [2.75, 3.05) is 0 Å². The molecule has 0 aromatic heterocycles. The van der Waals surface area contributed by atoms with Gasteiger partial charge in [-0.3, -0.25) is 0 Å². The molecule has 3 aliphatic rings. The molecule has 0 saturated heterocycles. The second-order valence-corrected chi connectivity index (χ2v) is 8.98. The first-order chi connectivity index (χ1) is 10.5. The van der Waals surface area contributed by atoms with Crippen molar-refractivity contribution in [2.24, 2.45) is 40.9 Å². The number of rotatable bonds is 8. The monoisotopic (exact) mass is 300 g/mol. The highest BCUT2D eigenvalue weighted by atomic mass is 14.6. The lowest BCUT2D eigenvalue weighted by molar-refractivity contribution is 0.154. The van der Waals surface area contributed by atoms with Crippen LogP contribution in [0.2, 0.25) is 0 Å². The zero-order chi connectivity index (χ0) is 15.9. The highest BCUT2D eigenvalue weighted by molar-refractivity contribution is 5.18. The van der Waals surface area contributed by atoms with Gasteiger partial charge in [0.05, 0.1) is 0 Å². The minimum atomic E-state index is 0.618. The molecule has 3 saturated carbocycles. The third-order valence-corrected chi connectivity index (χ3v) is 7.34. The molecule has 3 aliphatic carbocycles. The van der Waals surface area contributed by atoms with E-state index in [-0.39, 0.29) is 0 Å². The van der Waals surface area contributed by atoms with E-state index in [0.29, 0.717) is 11.3 Å². The van der Waals surface area contributed by atoms with Crippen LogP contribution in [0.1, 0.15) is 73.1 Å². The Kier molecular flexibility index (Phi) is 4.59. The Bertz CT molecular complexity index is 457. The van der Waals surface area contributed by atoms with E-state index < -0.39 is 0 Å². The van der Waals surface area contributed by atoms with E-state index >= 15 is 0 Å². The zero-order valence-electron chi connectivity index (χ0n) is 15.4. The van der Waals surface area contributed by atoms with E-state index in [1.165, 1.54) is 25.7 Å². The van der Waals surface area contributed by atoms with Crippen molar-refractivity contribution in [3.63, 3.8) is 0 Å². The van der Waals surface area contributed by atoms with E-state index in [2.05, 4.69) is 52.8 Å².